The fraction of sp³-hybridized carbons (Fsp3) is 0.455. The summed E-state index contributed by atoms with van der Waals surface area (Å²) in [6.07, 6.45) is 3.03. The van der Waals surface area contributed by atoms with Gasteiger partial charge in [-0.2, -0.15) is 0 Å². The zero-order chi connectivity index (χ0) is 25.0. The molecule has 3 amide bonds. The third kappa shape index (κ3) is 5.53. The minimum Gasteiger partial charge on any atom is -0.383 e. The van der Waals surface area contributed by atoms with E-state index < -0.39 is 35.3 Å². The highest BCUT2D eigenvalue weighted by atomic mass is 35.5. The summed E-state index contributed by atoms with van der Waals surface area (Å²) in [6.45, 7) is 2.07. The van der Waals surface area contributed by atoms with E-state index in [1.54, 1.807) is 4.90 Å². The molecule has 0 spiro atoms. The normalized spacial score (nSPS) is 18.9. The van der Waals surface area contributed by atoms with Gasteiger partial charge in [0.25, 0.3) is 11.8 Å². The molecule has 1 atom stereocenters. The van der Waals surface area contributed by atoms with Gasteiger partial charge in [0.1, 0.15) is 11.5 Å². The molecule has 1 saturated carbocycles. The molecule has 1 aliphatic rings. The zero-order valence-electron chi connectivity index (χ0n) is 18.7. The molecule has 34 heavy (non-hydrogen) atoms. The summed E-state index contributed by atoms with van der Waals surface area (Å²) < 4.78 is 32.5. The molecular weight excluding hydrogens is 472 g/mol. The van der Waals surface area contributed by atoms with Gasteiger partial charge in [-0.05, 0) is 38.7 Å². The summed E-state index contributed by atoms with van der Waals surface area (Å²) in [6, 6.07) is 0.990. The number of nitrogens with two attached hydrogens (primary N) is 1. The molecule has 0 unspecified atom stereocenters. The lowest BCUT2D eigenvalue weighted by molar-refractivity contribution is -0.121. The molecular formula is C22H26ClF2N5O4. The van der Waals surface area contributed by atoms with Gasteiger partial charge in [0.15, 0.2) is 11.5 Å². The van der Waals surface area contributed by atoms with Crippen LogP contribution in [0.5, 0.6) is 0 Å². The van der Waals surface area contributed by atoms with Crippen LogP contribution in [-0.4, -0.2) is 58.4 Å². The Hall–Kier alpha value is -3.05. The van der Waals surface area contributed by atoms with Crippen molar-refractivity contribution in [3.8, 4) is 0 Å². The number of aromatic amines is 1. The van der Waals surface area contributed by atoms with E-state index in [9.17, 15) is 23.2 Å². The van der Waals surface area contributed by atoms with Crippen molar-refractivity contribution >= 4 is 35.0 Å². The lowest BCUT2D eigenvalue weighted by Gasteiger charge is -2.39. The van der Waals surface area contributed by atoms with Crippen LogP contribution in [-0.2, 0) is 9.53 Å². The van der Waals surface area contributed by atoms with Crippen molar-refractivity contribution in [1.82, 2.24) is 14.9 Å². The molecule has 4 N–H and O–H groups in total. The Morgan fingerprint density at radius 1 is 1.29 bits per heavy atom. The molecule has 1 aromatic carbocycles. The van der Waals surface area contributed by atoms with E-state index in [1.807, 2.05) is 6.92 Å². The van der Waals surface area contributed by atoms with Gasteiger partial charge in [0.2, 0.25) is 5.91 Å². The number of carbonyl (C=O) groups is 3. The Labute approximate surface area is 200 Å². The maximum Gasteiger partial charge on any atom is 0.275 e. The smallest absolute Gasteiger partial charge is 0.275 e. The average molecular weight is 498 g/mol. The van der Waals surface area contributed by atoms with Crippen LogP contribution >= 0.6 is 11.6 Å². The van der Waals surface area contributed by atoms with Crippen LogP contribution in [0.2, 0.25) is 5.02 Å². The van der Waals surface area contributed by atoms with Crippen LogP contribution in [0.25, 0.3) is 0 Å². The van der Waals surface area contributed by atoms with E-state index in [4.69, 9.17) is 22.1 Å². The molecule has 12 heteroatoms. The summed E-state index contributed by atoms with van der Waals surface area (Å²) >= 11 is 5.87. The van der Waals surface area contributed by atoms with Crippen molar-refractivity contribution < 1.29 is 27.9 Å². The van der Waals surface area contributed by atoms with Gasteiger partial charge in [0, 0.05) is 25.1 Å². The summed E-state index contributed by atoms with van der Waals surface area (Å²) in [5.41, 5.74) is 4.93. The number of primary amides is 1. The monoisotopic (exact) mass is 497 g/mol. The van der Waals surface area contributed by atoms with Crippen LogP contribution in [0.3, 0.4) is 0 Å². The fourth-order valence-corrected chi connectivity index (χ4v) is 4.56. The Morgan fingerprint density at radius 2 is 1.97 bits per heavy atom. The number of H-pyrrole nitrogens is 1. The number of nitrogens with zero attached hydrogens (tertiary/aromatic N) is 2. The first-order valence-corrected chi connectivity index (χ1v) is 11.1. The Kier molecular flexibility index (Phi) is 8.21. The highest BCUT2D eigenvalue weighted by Gasteiger charge is 2.36. The summed E-state index contributed by atoms with van der Waals surface area (Å²) in [4.78, 5) is 45.9. The van der Waals surface area contributed by atoms with Gasteiger partial charge in [0.05, 0.1) is 29.7 Å². The highest BCUT2D eigenvalue weighted by molar-refractivity contribution is 6.33. The third-order valence-electron chi connectivity index (χ3n) is 5.92. The largest absolute Gasteiger partial charge is 0.383 e. The Bertz CT molecular complexity index is 1050. The summed E-state index contributed by atoms with van der Waals surface area (Å²) in [5, 5.41) is 2.22. The first-order chi connectivity index (χ1) is 16.1. The van der Waals surface area contributed by atoms with E-state index >= 15 is 0 Å². The predicted molar refractivity (Wildman–Crippen MR) is 120 cm³/mol. The first kappa shape index (κ1) is 25.6. The molecule has 1 aliphatic carbocycles. The van der Waals surface area contributed by atoms with Crippen molar-refractivity contribution in [2.45, 2.75) is 44.7 Å². The Balaban J connectivity index is 1.72. The number of hydrogen-bond acceptors (Lipinski definition) is 5. The number of aromatic nitrogens is 2. The molecule has 0 bridgehead atoms. The second-order valence-corrected chi connectivity index (χ2v) is 8.65. The molecule has 1 aromatic heterocycles. The zero-order valence-corrected chi connectivity index (χ0v) is 19.5. The number of amides is 3. The number of hydrogen-bond donors (Lipinski definition) is 3. The number of rotatable bonds is 8. The Morgan fingerprint density at radius 3 is 2.56 bits per heavy atom. The van der Waals surface area contributed by atoms with Crippen molar-refractivity contribution in [2.75, 3.05) is 19.0 Å². The SMILES string of the molecule is COC[C@H](C)N(C(=O)c1nc[nH]c1C(N)=O)[C@H]1CC[C@H](C(=O)Nc2c(F)cc(F)cc2Cl)CC1. The highest BCUT2D eigenvalue weighted by Crippen LogP contribution is 2.32. The number of methoxy groups -OCH3 is 1. The van der Waals surface area contributed by atoms with E-state index in [0.29, 0.717) is 31.7 Å². The van der Waals surface area contributed by atoms with Crippen LogP contribution in [0.1, 0.15) is 53.6 Å². The quantitative estimate of drug-likeness (QED) is 0.516. The first-order valence-electron chi connectivity index (χ1n) is 10.7. The number of imidazole rings is 1. The number of ether oxygens (including phenoxy) is 1. The number of halogens is 3. The minimum atomic E-state index is -0.957. The fourth-order valence-electron chi connectivity index (χ4n) is 4.32. The number of nitrogens with one attached hydrogen (secondary N) is 2. The number of anilines is 1. The van der Waals surface area contributed by atoms with Gasteiger partial charge in [-0.3, -0.25) is 14.4 Å². The molecule has 1 heterocycles. The van der Waals surface area contributed by atoms with Crippen LogP contribution in [0, 0.1) is 17.6 Å². The van der Waals surface area contributed by atoms with Crippen LogP contribution in [0.15, 0.2) is 18.5 Å². The number of carbonyl (C=O) groups excluding carboxylic acids is 3. The van der Waals surface area contributed by atoms with Crippen molar-refractivity contribution in [3.05, 3.63) is 46.5 Å². The van der Waals surface area contributed by atoms with Crippen molar-refractivity contribution in [1.29, 1.82) is 0 Å². The van der Waals surface area contributed by atoms with Crippen molar-refractivity contribution in [2.24, 2.45) is 11.7 Å². The topological polar surface area (TPSA) is 130 Å². The standard InChI is InChI=1S/C22H26ClF2N5O4/c1-11(9-34-2)30(22(33)19-18(20(26)31)27-10-28-19)14-5-3-12(4-6-14)21(32)29-17-15(23)7-13(24)8-16(17)25/h7-8,10-12,14H,3-6,9H2,1-2H3,(H2,26,31)(H,27,28)(H,29,32)/t11-,12-,14-/m0/s1. The van der Waals surface area contributed by atoms with Gasteiger partial charge >= 0.3 is 0 Å². The predicted octanol–water partition coefficient (Wildman–Crippen LogP) is 3.11. The molecule has 9 nitrogen and oxygen atoms in total. The maximum atomic E-state index is 14.0. The van der Waals surface area contributed by atoms with Crippen LogP contribution in [0.4, 0.5) is 14.5 Å². The second kappa shape index (κ2) is 10.9. The molecule has 0 aliphatic heterocycles. The number of benzene rings is 1. The van der Waals surface area contributed by atoms with Gasteiger partial charge < -0.3 is 25.7 Å². The minimum absolute atomic E-state index is 0.0725. The van der Waals surface area contributed by atoms with Crippen LogP contribution < -0.4 is 11.1 Å². The summed E-state index contributed by atoms with van der Waals surface area (Å²) in [7, 11) is 1.52. The molecule has 2 aromatic rings. The molecule has 0 saturated heterocycles. The van der Waals surface area contributed by atoms with Gasteiger partial charge in [-0.1, -0.05) is 11.6 Å². The third-order valence-corrected chi connectivity index (χ3v) is 6.22. The van der Waals surface area contributed by atoms with E-state index in [0.717, 1.165) is 6.07 Å². The average Bonchev–Trinajstić information content (AvgIpc) is 3.27. The van der Waals surface area contributed by atoms with Gasteiger partial charge in [-0.25, -0.2) is 13.8 Å². The summed E-state index contributed by atoms with van der Waals surface area (Å²) in [5.74, 6) is -3.94. The lowest BCUT2D eigenvalue weighted by Crippen LogP contribution is -2.50. The van der Waals surface area contributed by atoms with E-state index in [-0.39, 0.29) is 40.8 Å². The van der Waals surface area contributed by atoms with Gasteiger partial charge in [-0.15, -0.1) is 0 Å². The maximum absolute atomic E-state index is 14.0. The lowest BCUT2D eigenvalue weighted by atomic mass is 9.84. The molecule has 3 rings (SSSR count). The van der Waals surface area contributed by atoms with E-state index in [2.05, 4.69) is 15.3 Å². The van der Waals surface area contributed by atoms with Crippen molar-refractivity contribution in [3.63, 3.8) is 0 Å². The molecule has 0 radical (unpaired) electrons. The molecule has 184 valence electrons. The van der Waals surface area contributed by atoms with E-state index in [1.165, 1.54) is 13.4 Å². The molecule has 1 fully saturated rings. The second-order valence-electron chi connectivity index (χ2n) is 8.25.